The van der Waals surface area contributed by atoms with E-state index < -0.39 is 29.7 Å². The molecular weight excluding hydrogens is 733 g/mol. The number of hydrogen-bond donors (Lipinski definition) is 5. The first kappa shape index (κ1) is 41.9. The Balaban J connectivity index is 1.17. The molecule has 1 aliphatic heterocycles. The third kappa shape index (κ3) is 7.81. The average Bonchev–Trinajstić information content (AvgIpc) is 3.73. The number of hydrogen-bond acceptors (Lipinski definition) is 10. The molecule has 8 rings (SSSR count). The van der Waals surface area contributed by atoms with Gasteiger partial charge in [0, 0.05) is 66.6 Å². The minimum atomic E-state index is -0.908. The summed E-state index contributed by atoms with van der Waals surface area (Å²) in [6, 6.07) is 18.8. The average molecular weight is 797 g/mol. The summed E-state index contributed by atoms with van der Waals surface area (Å²) in [4.78, 5) is 39.0. The molecule has 12 nitrogen and oxygen atoms in total. The zero-order chi connectivity index (χ0) is 41.8. The van der Waals surface area contributed by atoms with Crippen LogP contribution in [0.5, 0.6) is 5.75 Å². The highest BCUT2D eigenvalue weighted by Gasteiger charge is 2.58. The maximum Gasteiger partial charge on any atom is 0.251 e. The fraction of sp³-hybridized carbons (Fsp3) is 0.565. The quantitative estimate of drug-likeness (QED) is 0.143. The Bertz CT molecular complexity index is 2000. The fourth-order valence-corrected chi connectivity index (χ4v) is 10.7. The smallest absolute Gasteiger partial charge is 0.251 e. The van der Waals surface area contributed by atoms with Crippen molar-refractivity contribution in [3.05, 3.63) is 77.4 Å². The summed E-state index contributed by atoms with van der Waals surface area (Å²) in [6.45, 7) is 9.06. The van der Waals surface area contributed by atoms with E-state index in [1.165, 1.54) is 6.42 Å². The molecule has 6 N–H and O–H groups in total. The van der Waals surface area contributed by atoms with E-state index in [2.05, 4.69) is 42.4 Å². The molecule has 1 heterocycles. The number of benzene rings is 3. The second-order valence-corrected chi connectivity index (χ2v) is 18.7. The van der Waals surface area contributed by atoms with E-state index in [0.717, 1.165) is 40.8 Å². The Morgan fingerprint density at radius 2 is 1.81 bits per heavy atom. The van der Waals surface area contributed by atoms with Crippen molar-refractivity contribution >= 4 is 23.2 Å². The van der Waals surface area contributed by atoms with Crippen LogP contribution in [0.25, 0.3) is 11.1 Å². The molecule has 1 saturated heterocycles. The van der Waals surface area contributed by atoms with Crippen molar-refractivity contribution in [2.75, 3.05) is 59.1 Å². The Labute approximate surface area is 344 Å². The van der Waals surface area contributed by atoms with Gasteiger partial charge in [-0.05, 0) is 105 Å². The van der Waals surface area contributed by atoms with E-state index in [4.69, 9.17) is 15.3 Å². The van der Waals surface area contributed by atoms with Crippen molar-refractivity contribution in [2.24, 2.45) is 29.1 Å². The Hall–Kier alpha value is -4.20. The second kappa shape index (κ2) is 16.1. The van der Waals surface area contributed by atoms with Crippen molar-refractivity contribution in [1.29, 1.82) is 0 Å². The lowest BCUT2D eigenvalue weighted by atomic mass is 9.45. The van der Waals surface area contributed by atoms with Gasteiger partial charge in [0.2, 0.25) is 5.91 Å². The van der Waals surface area contributed by atoms with E-state index in [-0.39, 0.29) is 42.3 Å². The number of aliphatic hydroxyl groups excluding tert-OH is 2. The molecule has 58 heavy (non-hydrogen) atoms. The number of hydroxylamine groups is 2. The van der Waals surface area contributed by atoms with Gasteiger partial charge in [0.05, 0.1) is 31.9 Å². The first-order valence-corrected chi connectivity index (χ1v) is 20.8. The van der Waals surface area contributed by atoms with Gasteiger partial charge in [-0.2, -0.15) is 5.06 Å². The van der Waals surface area contributed by atoms with Crippen LogP contribution in [0.1, 0.15) is 74.4 Å². The number of anilines is 2. The lowest BCUT2D eigenvalue weighted by Gasteiger charge is -2.62. The third-order valence-corrected chi connectivity index (χ3v) is 14.0. The molecule has 0 spiro atoms. The number of likely N-dealkylation sites (N-methyl/N-ethyl adjacent to an activating group) is 1. The van der Waals surface area contributed by atoms with Gasteiger partial charge >= 0.3 is 0 Å². The number of nitrogens with zero attached hydrogens (tertiary/aromatic N) is 3. The van der Waals surface area contributed by atoms with E-state index >= 15 is 0 Å². The highest BCUT2D eigenvalue weighted by Crippen LogP contribution is 2.61. The highest BCUT2D eigenvalue weighted by atomic mass is 16.7. The summed E-state index contributed by atoms with van der Waals surface area (Å²) in [7, 11) is 9.54. The first-order chi connectivity index (χ1) is 27.5. The van der Waals surface area contributed by atoms with Crippen LogP contribution in [0.4, 0.5) is 11.4 Å². The largest absolute Gasteiger partial charge is 0.496 e. The van der Waals surface area contributed by atoms with E-state index in [0.29, 0.717) is 41.3 Å². The number of nitrogen functional groups attached to an aromatic ring is 1. The number of aliphatic hydroxyl groups is 2. The molecule has 3 aromatic rings. The molecular formula is C46H64N6O6. The van der Waals surface area contributed by atoms with Crippen molar-refractivity contribution in [3.63, 3.8) is 0 Å². The third-order valence-electron chi connectivity index (χ3n) is 14.0. The number of fused-ring (bicyclic) bond motifs is 2. The number of nitrogens with one attached hydrogen (secondary N) is 2. The number of nitrogens with two attached hydrogens (primary N) is 1. The molecule has 4 aliphatic carbocycles. The van der Waals surface area contributed by atoms with Gasteiger partial charge in [-0.1, -0.05) is 51.1 Å². The number of amides is 2. The Morgan fingerprint density at radius 3 is 2.43 bits per heavy atom. The number of para-hydroxylation sites is 1. The van der Waals surface area contributed by atoms with Crippen LogP contribution in [-0.4, -0.2) is 110 Å². The van der Waals surface area contributed by atoms with Crippen LogP contribution in [-0.2, 0) is 16.2 Å². The Kier molecular flexibility index (Phi) is 11.6. The summed E-state index contributed by atoms with van der Waals surface area (Å²) >= 11 is 0. The van der Waals surface area contributed by atoms with Gasteiger partial charge in [0.1, 0.15) is 17.9 Å². The van der Waals surface area contributed by atoms with Gasteiger partial charge in [-0.15, -0.1) is 0 Å². The molecule has 2 bridgehead atoms. The van der Waals surface area contributed by atoms with Gasteiger partial charge in [-0.3, -0.25) is 14.4 Å². The molecule has 0 aromatic heterocycles. The highest BCUT2D eigenvalue weighted by molar-refractivity contribution is 5.98. The molecule has 5 fully saturated rings. The monoisotopic (exact) mass is 796 g/mol. The lowest BCUT2D eigenvalue weighted by Crippen LogP contribution is -2.62. The molecule has 12 heteroatoms. The van der Waals surface area contributed by atoms with Crippen molar-refractivity contribution in [1.82, 2.24) is 20.6 Å². The van der Waals surface area contributed by atoms with Crippen molar-refractivity contribution < 1.29 is 29.4 Å². The van der Waals surface area contributed by atoms with Crippen LogP contribution < -0.4 is 26.0 Å². The molecule has 2 amide bonds. The van der Waals surface area contributed by atoms with Crippen LogP contribution in [0.2, 0.25) is 0 Å². The minimum Gasteiger partial charge on any atom is -0.496 e. The first-order valence-electron chi connectivity index (χ1n) is 20.8. The number of methoxy groups -OCH3 is 1. The standard InChI is InChI=1S/C46H64N6O6/c1-26-36-20-32(45(36,3)4)21-38(26)48-44(56)41-40(27(2)54)39(24-53)58-52(41)23-29-13-11-15-35(42(29)57-9)30-16-31(19-34(18-30)51(7)8)43(55)49-46(25-50(5)6)22-37(46)28-12-10-14-33(47)17-28/h10-19,26-27,32,36-41,53-54H,20-25,47H2,1-9H3,(H,48,56)(H,49,55)/t26-,27-,32+,36-,37-,38-,39-,40+,41-,46?/m0/s1. The number of rotatable bonds is 14. The summed E-state index contributed by atoms with van der Waals surface area (Å²) in [5.74, 6) is 1.13. The summed E-state index contributed by atoms with van der Waals surface area (Å²) in [5, 5.41) is 29.8. The van der Waals surface area contributed by atoms with Gasteiger partial charge < -0.3 is 41.1 Å². The van der Waals surface area contributed by atoms with Gasteiger partial charge in [0.15, 0.2) is 0 Å². The number of ether oxygens (including phenoxy) is 1. The maximum atomic E-state index is 14.3. The zero-order valence-corrected chi connectivity index (χ0v) is 35.7. The summed E-state index contributed by atoms with van der Waals surface area (Å²) in [5.41, 5.74) is 11.5. The molecule has 10 atom stereocenters. The van der Waals surface area contributed by atoms with E-state index in [9.17, 15) is 19.8 Å². The molecule has 314 valence electrons. The molecule has 1 unspecified atom stereocenters. The molecule has 5 aliphatic rings. The lowest BCUT2D eigenvalue weighted by molar-refractivity contribution is -0.183. The maximum absolute atomic E-state index is 14.3. The van der Waals surface area contributed by atoms with Crippen LogP contribution in [0, 0.1) is 29.1 Å². The predicted octanol–water partition coefficient (Wildman–Crippen LogP) is 4.89. The number of carbonyl (C=O) groups is 2. The normalized spacial score (nSPS) is 30.3. The zero-order valence-electron chi connectivity index (χ0n) is 35.7. The molecule has 3 aromatic carbocycles. The van der Waals surface area contributed by atoms with E-state index in [1.807, 2.05) is 87.7 Å². The van der Waals surface area contributed by atoms with Crippen LogP contribution in [0.3, 0.4) is 0 Å². The fourth-order valence-electron chi connectivity index (χ4n) is 10.7. The topological polar surface area (TPSA) is 153 Å². The molecule has 4 saturated carbocycles. The van der Waals surface area contributed by atoms with Crippen molar-refractivity contribution in [2.45, 2.75) is 89.3 Å². The second-order valence-electron chi connectivity index (χ2n) is 18.7. The van der Waals surface area contributed by atoms with Crippen LogP contribution >= 0.6 is 0 Å². The summed E-state index contributed by atoms with van der Waals surface area (Å²) < 4.78 is 6.13. The SMILES string of the molecule is COc1c(CN2O[C@@H](CO)[C@@H]([C@H](C)O)[C@H]2C(=O)N[C@H]2C[C@H]3C[C@@H]([C@@H]2C)C3(C)C)cccc1-c1cc(C(=O)NC2(CN(C)C)C[C@H]2c2cccc(N)c2)cc(N(C)C)c1. The Morgan fingerprint density at radius 1 is 1.07 bits per heavy atom. The predicted molar refractivity (Wildman–Crippen MR) is 227 cm³/mol. The minimum absolute atomic E-state index is 0.0304. The van der Waals surface area contributed by atoms with Gasteiger partial charge in [0.25, 0.3) is 5.91 Å². The van der Waals surface area contributed by atoms with Gasteiger partial charge in [-0.25, -0.2) is 0 Å². The van der Waals surface area contributed by atoms with E-state index in [1.54, 1.807) is 19.1 Å². The van der Waals surface area contributed by atoms with Crippen molar-refractivity contribution in [3.8, 4) is 16.9 Å². The summed E-state index contributed by atoms with van der Waals surface area (Å²) in [6.07, 6.45) is 1.26. The molecule has 0 radical (unpaired) electrons. The number of carbonyl (C=O) groups excluding carboxylic acids is 2. The van der Waals surface area contributed by atoms with Crippen LogP contribution in [0.15, 0.2) is 60.7 Å².